The van der Waals surface area contributed by atoms with Gasteiger partial charge in [0, 0.05) is 0 Å². The van der Waals surface area contributed by atoms with E-state index in [2.05, 4.69) is 48.5 Å². The highest BCUT2D eigenvalue weighted by Gasteiger charge is 2.67. The summed E-state index contributed by atoms with van der Waals surface area (Å²) in [4.78, 5) is 0. The Balaban J connectivity index is 1.50. The fourth-order valence-electron chi connectivity index (χ4n) is 11.1. The third-order valence-electron chi connectivity index (χ3n) is 13.3. The number of rotatable bonds is 0. The second-order valence-electron chi connectivity index (χ2n) is 14.3. The lowest BCUT2D eigenvalue weighted by Crippen LogP contribution is -2.65. The monoisotopic (exact) mass is 398 g/mol. The minimum Gasteiger partial charge on any atom is -0.0625 e. The summed E-state index contributed by atoms with van der Waals surface area (Å²) in [7, 11) is 0. The molecule has 0 aromatic heterocycles. The molecule has 29 heavy (non-hydrogen) atoms. The molecule has 5 saturated carbocycles. The molecule has 7 unspecified atom stereocenters. The molecule has 0 spiro atoms. The van der Waals surface area contributed by atoms with E-state index in [0.29, 0.717) is 21.7 Å². The van der Waals surface area contributed by atoms with Crippen molar-refractivity contribution in [3.8, 4) is 0 Å². The second kappa shape index (κ2) is 6.51. The molecule has 5 aliphatic carbocycles. The Bertz CT molecular complexity index is 646. The normalized spacial score (nSPS) is 59.1. The van der Waals surface area contributed by atoms with Crippen molar-refractivity contribution in [1.29, 1.82) is 0 Å². The molecular formula is C29H50. The van der Waals surface area contributed by atoms with Crippen molar-refractivity contribution < 1.29 is 0 Å². The van der Waals surface area contributed by atoms with Crippen LogP contribution in [0.2, 0.25) is 0 Å². The molecule has 0 saturated heterocycles. The smallest absolute Gasteiger partial charge is 0.0235 e. The lowest BCUT2D eigenvalue weighted by atomic mass is 9.32. The molecule has 0 heteroatoms. The second-order valence-corrected chi connectivity index (χ2v) is 14.3. The maximum Gasteiger partial charge on any atom is -0.0235 e. The fourth-order valence-corrected chi connectivity index (χ4v) is 11.1. The van der Waals surface area contributed by atoms with E-state index in [1.165, 1.54) is 32.1 Å². The van der Waals surface area contributed by atoms with Gasteiger partial charge in [-0.2, -0.15) is 0 Å². The Labute approximate surface area is 182 Å². The van der Waals surface area contributed by atoms with Crippen LogP contribution >= 0.6 is 0 Å². The summed E-state index contributed by atoms with van der Waals surface area (Å²) >= 11 is 0. The first kappa shape index (κ1) is 20.9. The van der Waals surface area contributed by atoms with Gasteiger partial charge in [-0.15, -0.1) is 0 Å². The van der Waals surface area contributed by atoms with E-state index in [1.54, 1.807) is 38.5 Å². The molecule has 0 aromatic carbocycles. The lowest BCUT2D eigenvalue weighted by molar-refractivity contribution is -0.237. The summed E-state index contributed by atoms with van der Waals surface area (Å²) in [6, 6.07) is 0. The number of fused-ring (bicyclic) bond motifs is 7. The predicted octanol–water partition coefficient (Wildman–Crippen LogP) is 8.74. The summed E-state index contributed by atoms with van der Waals surface area (Å²) in [6.07, 6.45) is 16.8. The molecule has 0 radical (unpaired) electrons. The first-order valence-corrected chi connectivity index (χ1v) is 13.5. The molecule has 5 aliphatic rings. The summed E-state index contributed by atoms with van der Waals surface area (Å²) in [5.74, 6) is 6.96. The van der Waals surface area contributed by atoms with Gasteiger partial charge in [0.15, 0.2) is 0 Å². The molecule has 0 heterocycles. The van der Waals surface area contributed by atoms with Gasteiger partial charge in [-0.25, -0.2) is 0 Å². The zero-order valence-corrected chi connectivity index (χ0v) is 20.8. The van der Waals surface area contributed by atoms with Crippen LogP contribution in [0.5, 0.6) is 0 Å². The van der Waals surface area contributed by atoms with Gasteiger partial charge >= 0.3 is 0 Å². The Morgan fingerprint density at radius 3 is 2.10 bits per heavy atom. The molecule has 0 aromatic rings. The third-order valence-corrected chi connectivity index (χ3v) is 13.3. The van der Waals surface area contributed by atoms with Crippen molar-refractivity contribution in [1.82, 2.24) is 0 Å². The van der Waals surface area contributed by atoms with Gasteiger partial charge in [0.05, 0.1) is 0 Å². The first-order chi connectivity index (χ1) is 13.5. The van der Waals surface area contributed by atoms with E-state index < -0.39 is 0 Å². The summed E-state index contributed by atoms with van der Waals surface area (Å²) in [6.45, 7) is 18.7. The van der Waals surface area contributed by atoms with E-state index in [-0.39, 0.29) is 0 Å². The van der Waals surface area contributed by atoms with E-state index in [0.717, 1.165) is 41.4 Å². The van der Waals surface area contributed by atoms with Crippen LogP contribution < -0.4 is 0 Å². The van der Waals surface area contributed by atoms with Crippen molar-refractivity contribution in [3.05, 3.63) is 0 Å². The van der Waals surface area contributed by atoms with E-state index in [1.807, 2.05) is 0 Å². The molecule has 0 N–H and O–H groups in total. The van der Waals surface area contributed by atoms with Gasteiger partial charge in [0.25, 0.3) is 0 Å². The zero-order chi connectivity index (χ0) is 20.8. The van der Waals surface area contributed by atoms with E-state index in [9.17, 15) is 0 Å². The molecule has 5 fully saturated rings. The quantitative estimate of drug-likeness (QED) is 0.382. The van der Waals surface area contributed by atoms with Crippen LogP contribution in [0.25, 0.3) is 0 Å². The number of hydrogen-bond acceptors (Lipinski definition) is 0. The van der Waals surface area contributed by atoms with Crippen LogP contribution in [0.15, 0.2) is 0 Å². The van der Waals surface area contributed by atoms with Gasteiger partial charge in [-0.05, 0) is 127 Å². The Morgan fingerprint density at radius 1 is 0.621 bits per heavy atom. The predicted molar refractivity (Wildman–Crippen MR) is 125 cm³/mol. The van der Waals surface area contributed by atoms with Crippen LogP contribution in [0.4, 0.5) is 0 Å². The van der Waals surface area contributed by atoms with Gasteiger partial charge in [-0.1, -0.05) is 54.9 Å². The molecule has 0 nitrogen and oxygen atoms in total. The van der Waals surface area contributed by atoms with Crippen LogP contribution in [-0.4, -0.2) is 0 Å². The molecule has 5 rings (SSSR count). The van der Waals surface area contributed by atoms with Gasteiger partial charge in [-0.3, -0.25) is 0 Å². The van der Waals surface area contributed by atoms with Crippen LogP contribution in [0.3, 0.4) is 0 Å². The van der Waals surface area contributed by atoms with Crippen LogP contribution in [0, 0.1) is 63.1 Å². The highest BCUT2D eigenvalue weighted by Crippen LogP contribution is 2.75. The molecule has 0 aliphatic heterocycles. The zero-order valence-electron chi connectivity index (χ0n) is 20.8. The van der Waals surface area contributed by atoms with E-state index >= 15 is 0 Å². The lowest BCUT2D eigenvalue weighted by Gasteiger charge is -2.72. The van der Waals surface area contributed by atoms with Crippen LogP contribution in [-0.2, 0) is 0 Å². The molecule has 0 amide bonds. The molecular weight excluding hydrogens is 348 g/mol. The van der Waals surface area contributed by atoms with E-state index in [4.69, 9.17) is 0 Å². The maximum atomic E-state index is 2.81. The Morgan fingerprint density at radius 2 is 1.34 bits per heavy atom. The van der Waals surface area contributed by atoms with Crippen molar-refractivity contribution >= 4 is 0 Å². The van der Waals surface area contributed by atoms with Crippen LogP contribution in [0.1, 0.15) is 119 Å². The molecule has 10 atom stereocenters. The largest absolute Gasteiger partial charge is 0.0625 e. The SMILES string of the molecule is CC1CCC2CC[C@]3(C)C(CCC4[C@@]5(C)CCC(C)C(C)(C)C5CC[C@]43C)C2C1. The minimum atomic E-state index is 0.530. The molecule has 166 valence electrons. The highest BCUT2D eigenvalue weighted by molar-refractivity contribution is 5.16. The average Bonchev–Trinajstić information content (AvgIpc) is 2.65. The highest BCUT2D eigenvalue weighted by atomic mass is 14.7. The molecule has 0 bridgehead atoms. The average molecular weight is 399 g/mol. The van der Waals surface area contributed by atoms with Gasteiger partial charge in [0.2, 0.25) is 0 Å². The fraction of sp³-hybridized carbons (Fsp3) is 1.00. The van der Waals surface area contributed by atoms with Crippen molar-refractivity contribution in [3.63, 3.8) is 0 Å². The Kier molecular flexibility index (Phi) is 4.69. The van der Waals surface area contributed by atoms with Crippen molar-refractivity contribution in [2.24, 2.45) is 63.1 Å². The third kappa shape index (κ3) is 2.62. The minimum absolute atomic E-state index is 0.530. The van der Waals surface area contributed by atoms with Gasteiger partial charge < -0.3 is 0 Å². The topological polar surface area (TPSA) is 0 Å². The van der Waals surface area contributed by atoms with Gasteiger partial charge in [0.1, 0.15) is 0 Å². The summed E-state index contributed by atoms with van der Waals surface area (Å²) in [5, 5.41) is 0. The summed E-state index contributed by atoms with van der Waals surface area (Å²) in [5.41, 5.74) is 2.31. The Hall–Kier alpha value is 0. The first-order valence-electron chi connectivity index (χ1n) is 13.5. The standard InChI is InChI=1S/C29H50/c1-19-8-9-21-13-16-28(6)23(22(21)18-19)10-11-25-27(5)15-12-20(2)26(3,4)24(27)14-17-29(25,28)7/h19-25H,8-18H2,1-7H3/t19?,20?,21?,22?,23?,24?,25?,27-,28+,29+/m0/s1. The van der Waals surface area contributed by atoms with Crippen molar-refractivity contribution in [2.45, 2.75) is 119 Å². The maximum absolute atomic E-state index is 2.81. The summed E-state index contributed by atoms with van der Waals surface area (Å²) < 4.78 is 0. The number of hydrogen-bond donors (Lipinski definition) is 0. The van der Waals surface area contributed by atoms with Crippen molar-refractivity contribution in [2.75, 3.05) is 0 Å².